The van der Waals surface area contributed by atoms with Crippen molar-refractivity contribution in [3.05, 3.63) is 106 Å². The summed E-state index contributed by atoms with van der Waals surface area (Å²) in [5, 5.41) is 5.92. The molecule has 0 saturated heterocycles. The Hall–Kier alpha value is -3.42. The van der Waals surface area contributed by atoms with Crippen molar-refractivity contribution in [1.82, 2.24) is 19.7 Å². The maximum atomic E-state index is 13.2. The van der Waals surface area contributed by atoms with E-state index < -0.39 is 0 Å². The van der Waals surface area contributed by atoms with Gasteiger partial charge in [0.2, 0.25) is 0 Å². The summed E-state index contributed by atoms with van der Waals surface area (Å²) in [4.78, 5) is 22.4. The molecule has 6 nitrogen and oxygen atoms in total. The van der Waals surface area contributed by atoms with Crippen LogP contribution in [0.4, 0.5) is 0 Å². The second-order valence-corrected chi connectivity index (χ2v) is 8.48. The lowest BCUT2D eigenvalue weighted by molar-refractivity contribution is 0.425. The number of nitrogens with zero attached hydrogens (tertiary/aromatic N) is 4. The van der Waals surface area contributed by atoms with E-state index in [0.29, 0.717) is 45.1 Å². The Bertz CT molecular complexity index is 1430. The van der Waals surface area contributed by atoms with Crippen LogP contribution in [0, 0.1) is 0 Å². The molecule has 0 saturated carbocycles. The summed E-state index contributed by atoms with van der Waals surface area (Å²) in [5.74, 6) is 1.36. The predicted molar refractivity (Wildman–Crippen MR) is 126 cm³/mol. The van der Waals surface area contributed by atoms with Crippen LogP contribution in [0.15, 0.2) is 93.3 Å². The van der Waals surface area contributed by atoms with E-state index in [9.17, 15) is 4.79 Å². The van der Waals surface area contributed by atoms with Crippen molar-refractivity contribution in [3.8, 4) is 11.5 Å². The lowest BCUT2D eigenvalue weighted by atomic mass is 10.2. The third-order valence-corrected chi connectivity index (χ3v) is 6.12. The van der Waals surface area contributed by atoms with Gasteiger partial charge in [-0.1, -0.05) is 71.0 Å². The lowest BCUT2D eigenvalue weighted by Gasteiger charge is -2.12. The Kier molecular flexibility index (Phi) is 5.75. The molecule has 0 fully saturated rings. The summed E-state index contributed by atoms with van der Waals surface area (Å²) < 4.78 is 7.09. The van der Waals surface area contributed by atoms with Crippen LogP contribution in [0.3, 0.4) is 0 Å². The fourth-order valence-corrected chi connectivity index (χ4v) is 4.28. The third-order valence-electron chi connectivity index (χ3n) is 4.90. The molecule has 3 aromatic carbocycles. The van der Waals surface area contributed by atoms with Gasteiger partial charge >= 0.3 is 0 Å². The first-order valence-electron chi connectivity index (χ1n) is 9.92. The number of hydrogen-bond donors (Lipinski definition) is 0. The molecule has 2 aromatic heterocycles. The average molecular weight is 461 g/mol. The largest absolute Gasteiger partial charge is 0.334 e. The molecule has 0 atom stereocenters. The van der Waals surface area contributed by atoms with Gasteiger partial charge in [-0.3, -0.25) is 9.36 Å². The van der Waals surface area contributed by atoms with E-state index >= 15 is 0 Å². The van der Waals surface area contributed by atoms with Crippen molar-refractivity contribution in [2.75, 3.05) is 0 Å². The number of halogens is 1. The first kappa shape index (κ1) is 20.5. The van der Waals surface area contributed by atoms with Crippen LogP contribution in [-0.2, 0) is 12.3 Å². The summed E-state index contributed by atoms with van der Waals surface area (Å²) >= 11 is 7.35. The summed E-state index contributed by atoms with van der Waals surface area (Å²) in [6.07, 6.45) is 0. The standard InChI is InChI=1S/C24H17ClN4O2S/c25-18-12-10-17(11-13-18)22-27-21(28-31-22)15-32-24-26-20-9-5-4-8-19(20)23(30)29(24)14-16-6-2-1-3-7-16/h1-13H,14-15H2. The Balaban J connectivity index is 1.45. The summed E-state index contributed by atoms with van der Waals surface area (Å²) in [6.45, 7) is 0.433. The van der Waals surface area contributed by atoms with Crippen molar-refractivity contribution in [2.45, 2.75) is 17.5 Å². The van der Waals surface area contributed by atoms with Crippen molar-refractivity contribution in [2.24, 2.45) is 0 Å². The Morgan fingerprint density at radius 2 is 1.66 bits per heavy atom. The van der Waals surface area contributed by atoms with Crippen LogP contribution in [0.5, 0.6) is 0 Å². The number of benzene rings is 3. The van der Waals surface area contributed by atoms with E-state index in [1.165, 1.54) is 11.8 Å². The van der Waals surface area contributed by atoms with E-state index in [-0.39, 0.29) is 5.56 Å². The van der Waals surface area contributed by atoms with Gasteiger partial charge in [0, 0.05) is 10.6 Å². The molecule has 0 aliphatic carbocycles. The zero-order chi connectivity index (χ0) is 21.9. The quantitative estimate of drug-likeness (QED) is 0.248. The second kappa shape index (κ2) is 8.98. The van der Waals surface area contributed by atoms with Crippen LogP contribution in [0.2, 0.25) is 5.02 Å². The summed E-state index contributed by atoms with van der Waals surface area (Å²) in [6, 6.07) is 24.4. The minimum absolute atomic E-state index is 0.0723. The molecular formula is C24H17ClN4O2S. The maximum Gasteiger partial charge on any atom is 0.262 e. The molecule has 2 heterocycles. The monoisotopic (exact) mass is 460 g/mol. The SMILES string of the molecule is O=c1c2ccccc2nc(SCc2noc(-c3ccc(Cl)cc3)n2)n1Cc1ccccc1. The summed E-state index contributed by atoms with van der Waals surface area (Å²) in [5.41, 5.74) is 2.41. The zero-order valence-corrected chi connectivity index (χ0v) is 18.4. The Morgan fingerprint density at radius 1 is 0.906 bits per heavy atom. The number of hydrogen-bond acceptors (Lipinski definition) is 6. The molecule has 8 heteroatoms. The van der Waals surface area contributed by atoms with Crippen molar-refractivity contribution in [1.29, 1.82) is 0 Å². The van der Waals surface area contributed by atoms with E-state index in [1.54, 1.807) is 22.8 Å². The van der Waals surface area contributed by atoms with E-state index in [0.717, 1.165) is 11.1 Å². The normalized spacial score (nSPS) is 11.2. The van der Waals surface area contributed by atoms with Gasteiger partial charge in [0.15, 0.2) is 11.0 Å². The first-order valence-corrected chi connectivity index (χ1v) is 11.3. The highest BCUT2D eigenvalue weighted by molar-refractivity contribution is 7.98. The minimum atomic E-state index is -0.0723. The van der Waals surface area contributed by atoms with Crippen LogP contribution in [-0.4, -0.2) is 19.7 Å². The van der Waals surface area contributed by atoms with E-state index in [1.807, 2.05) is 60.7 Å². The highest BCUT2D eigenvalue weighted by Gasteiger charge is 2.15. The molecule has 5 aromatic rings. The van der Waals surface area contributed by atoms with Crippen molar-refractivity contribution in [3.63, 3.8) is 0 Å². The van der Waals surface area contributed by atoms with Gasteiger partial charge in [-0.2, -0.15) is 4.98 Å². The van der Waals surface area contributed by atoms with E-state index in [4.69, 9.17) is 21.1 Å². The average Bonchev–Trinajstić information content (AvgIpc) is 3.30. The number of aromatic nitrogens is 4. The fourth-order valence-electron chi connectivity index (χ4n) is 3.31. The molecule has 0 aliphatic heterocycles. The number of thioether (sulfide) groups is 1. The van der Waals surface area contributed by atoms with Gasteiger partial charge in [-0.25, -0.2) is 4.98 Å². The minimum Gasteiger partial charge on any atom is -0.334 e. The molecule has 0 amide bonds. The molecule has 158 valence electrons. The molecule has 0 spiro atoms. The molecule has 5 rings (SSSR count). The maximum absolute atomic E-state index is 13.2. The van der Waals surface area contributed by atoms with Gasteiger partial charge in [-0.15, -0.1) is 0 Å². The van der Waals surface area contributed by atoms with Crippen LogP contribution in [0.1, 0.15) is 11.4 Å². The molecule has 0 bridgehead atoms. The molecule has 0 unspecified atom stereocenters. The fraction of sp³-hybridized carbons (Fsp3) is 0.0833. The Morgan fingerprint density at radius 3 is 2.47 bits per heavy atom. The number of fused-ring (bicyclic) bond motifs is 1. The van der Waals surface area contributed by atoms with Gasteiger partial charge in [0.05, 0.1) is 23.2 Å². The number of para-hydroxylation sites is 1. The Labute approximate surface area is 192 Å². The second-order valence-electron chi connectivity index (χ2n) is 7.10. The first-order chi connectivity index (χ1) is 15.7. The van der Waals surface area contributed by atoms with Crippen molar-refractivity contribution >= 4 is 34.3 Å². The van der Waals surface area contributed by atoms with Gasteiger partial charge in [0.1, 0.15) is 0 Å². The highest BCUT2D eigenvalue weighted by Crippen LogP contribution is 2.24. The lowest BCUT2D eigenvalue weighted by Crippen LogP contribution is -2.24. The van der Waals surface area contributed by atoms with Crippen LogP contribution < -0.4 is 5.56 Å². The van der Waals surface area contributed by atoms with Gasteiger partial charge < -0.3 is 4.52 Å². The van der Waals surface area contributed by atoms with Gasteiger partial charge in [-0.05, 0) is 42.0 Å². The third kappa shape index (κ3) is 4.30. The summed E-state index contributed by atoms with van der Waals surface area (Å²) in [7, 11) is 0. The molecule has 32 heavy (non-hydrogen) atoms. The molecule has 0 radical (unpaired) electrons. The predicted octanol–water partition coefficient (Wildman–Crippen LogP) is 5.44. The van der Waals surface area contributed by atoms with Crippen molar-refractivity contribution < 1.29 is 4.52 Å². The highest BCUT2D eigenvalue weighted by atomic mass is 35.5. The van der Waals surface area contributed by atoms with E-state index in [2.05, 4.69) is 10.1 Å². The van der Waals surface area contributed by atoms with Crippen LogP contribution >= 0.6 is 23.4 Å². The zero-order valence-electron chi connectivity index (χ0n) is 16.8. The topological polar surface area (TPSA) is 73.8 Å². The molecular weight excluding hydrogens is 444 g/mol. The van der Waals surface area contributed by atoms with Crippen LogP contribution in [0.25, 0.3) is 22.4 Å². The molecule has 0 aliphatic rings. The number of rotatable bonds is 6. The van der Waals surface area contributed by atoms with Gasteiger partial charge in [0.25, 0.3) is 11.4 Å². The smallest absolute Gasteiger partial charge is 0.262 e. The molecule has 0 N–H and O–H groups in total.